The summed E-state index contributed by atoms with van der Waals surface area (Å²) in [7, 11) is 0. The molecule has 1 fully saturated rings. The average Bonchev–Trinajstić information content (AvgIpc) is 2.96. The number of carbonyl (C=O) groups is 1. The fourth-order valence-corrected chi connectivity index (χ4v) is 4.21. The molecule has 3 nitrogen and oxygen atoms in total. The third-order valence-corrected chi connectivity index (χ3v) is 6.08. The van der Waals surface area contributed by atoms with Crippen LogP contribution in [0, 0.1) is 5.82 Å². The van der Waals surface area contributed by atoms with Crippen LogP contribution < -0.4 is 5.32 Å². The molecule has 1 saturated heterocycles. The van der Waals surface area contributed by atoms with Crippen molar-refractivity contribution in [2.75, 3.05) is 19.6 Å². The number of hydrogen-bond donors (Lipinski definition) is 1. The highest BCUT2D eigenvalue weighted by molar-refractivity contribution is 9.10. The lowest BCUT2D eigenvalue weighted by Crippen LogP contribution is -2.39. The monoisotopic (exact) mass is 466 g/mol. The van der Waals surface area contributed by atoms with Crippen molar-refractivity contribution in [1.82, 2.24) is 10.2 Å². The summed E-state index contributed by atoms with van der Waals surface area (Å²) in [4.78, 5) is 14.9. The van der Waals surface area contributed by atoms with Crippen LogP contribution in [0.5, 0.6) is 0 Å². The first-order chi connectivity index (χ1) is 13.5. The maximum Gasteiger partial charge on any atom is 0.224 e. The van der Waals surface area contributed by atoms with E-state index in [1.165, 1.54) is 25.7 Å². The summed E-state index contributed by atoms with van der Waals surface area (Å²) >= 11 is 9.22. The molecule has 3 rings (SSSR count). The number of rotatable bonds is 6. The molecule has 1 atom stereocenters. The summed E-state index contributed by atoms with van der Waals surface area (Å²) in [6, 6.07) is 12.9. The van der Waals surface area contributed by atoms with Crippen LogP contribution >= 0.6 is 27.5 Å². The first-order valence-corrected chi connectivity index (χ1v) is 10.9. The van der Waals surface area contributed by atoms with E-state index in [2.05, 4.69) is 26.1 Å². The van der Waals surface area contributed by atoms with Crippen LogP contribution in [0.3, 0.4) is 0 Å². The van der Waals surface area contributed by atoms with Crippen molar-refractivity contribution in [3.8, 4) is 0 Å². The molecule has 150 valence electrons. The summed E-state index contributed by atoms with van der Waals surface area (Å²) in [5, 5.41) is 3.71. The molecule has 2 aromatic carbocycles. The Kier molecular flexibility index (Phi) is 7.89. The Hall–Kier alpha value is -1.43. The van der Waals surface area contributed by atoms with Gasteiger partial charge in [0.1, 0.15) is 5.82 Å². The summed E-state index contributed by atoms with van der Waals surface area (Å²) in [5.41, 5.74) is 1.53. The smallest absolute Gasteiger partial charge is 0.224 e. The predicted octanol–water partition coefficient (Wildman–Crippen LogP) is 5.52. The highest BCUT2D eigenvalue weighted by Gasteiger charge is 2.22. The minimum Gasteiger partial charge on any atom is -0.354 e. The molecule has 1 heterocycles. The van der Waals surface area contributed by atoms with Crippen LogP contribution in [0.4, 0.5) is 4.39 Å². The van der Waals surface area contributed by atoms with Crippen molar-refractivity contribution in [3.63, 3.8) is 0 Å². The highest BCUT2D eigenvalue weighted by atomic mass is 79.9. The number of nitrogens with zero attached hydrogens (tertiary/aromatic N) is 1. The van der Waals surface area contributed by atoms with Crippen molar-refractivity contribution in [3.05, 3.63) is 68.9 Å². The SMILES string of the molecule is O=C(Cc1cccc(Br)c1F)NCC(c1ccc(Cl)cc1)N1CCCCCC1. The molecule has 28 heavy (non-hydrogen) atoms. The summed E-state index contributed by atoms with van der Waals surface area (Å²) < 4.78 is 14.5. The number of halogens is 3. The molecule has 2 aromatic rings. The molecule has 0 spiro atoms. The van der Waals surface area contributed by atoms with Gasteiger partial charge < -0.3 is 5.32 Å². The van der Waals surface area contributed by atoms with Gasteiger partial charge >= 0.3 is 0 Å². The largest absolute Gasteiger partial charge is 0.354 e. The minimum absolute atomic E-state index is 0.0264. The van der Waals surface area contributed by atoms with Gasteiger partial charge in [0, 0.05) is 11.6 Å². The number of likely N-dealkylation sites (tertiary alicyclic amines) is 1. The second-order valence-electron chi connectivity index (χ2n) is 7.21. The van der Waals surface area contributed by atoms with Crippen molar-refractivity contribution < 1.29 is 9.18 Å². The van der Waals surface area contributed by atoms with Crippen LogP contribution in [0.15, 0.2) is 46.9 Å². The number of nitrogens with one attached hydrogen (secondary N) is 1. The molecule has 0 bridgehead atoms. The van der Waals surface area contributed by atoms with E-state index in [-0.39, 0.29) is 24.2 Å². The lowest BCUT2D eigenvalue weighted by Gasteiger charge is -2.31. The number of benzene rings is 2. The molecule has 0 aliphatic carbocycles. The van der Waals surface area contributed by atoms with Gasteiger partial charge in [-0.2, -0.15) is 0 Å². The maximum absolute atomic E-state index is 14.2. The normalized spacial score (nSPS) is 16.4. The zero-order chi connectivity index (χ0) is 19.9. The lowest BCUT2D eigenvalue weighted by molar-refractivity contribution is -0.120. The zero-order valence-corrected chi connectivity index (χ0v) is 18.1. The van der Waals surface area contributed by atoms with Gasteiger partial charge in [-0.05, 0) is 71.2 Å². The molecule has 6 heteroatoms. The molecule has 1 unspecified atom stereocenters. The first-order valence-electron chi connectivity index (χ1n) is 9.73. The second kappa shape index (κ2) is 10.4. The van der Waals surface area contributed by atoms with Crippen LogP contribution in [0.2, 0.25) is 5.02 Å². The zero-order valence-electron chi connectivity index (χ0n) is 15.8. The molecule has 1 aliphatic heterocycles. The van der Waals surface area contributed by atoms with E-state index in [9.17, 15) is 9.18 Å². The van der Waals surface area contributed by atoms with Gasteiger partial charge in [0.2, 0.25) is 5.91 Å². The van der Waals surface area contributed by atoms with Gasteiger partial charge in [0.25, 0.3) is 0 Å². The number of hydrogen-bond acceptors (Lipinski definition) is 2. The third kappa shape index (κ3) is 5.79. The van der Waals surface area contributed by atoms with E-state index >= 15 is 0 Å². The highest BCUT2D eigenvalue weighted by Crippen LogP contribution is 2.25. The van der Waals surface area contributed by atoms with Crippen LogP contribution in [-0.4, -0.2) is 30.4 Å². The fourth-order valence-electron chi connectivity index (χ4n) is 3.68. The van der Waals surface area contributed by atoms with Crippen molar-refractivity contribution in [2.24, 2.45) is 0 Å². The van der Waals surface area contributed by atoms with Crippen LogP contribution in [0.1, 0.15) is 42.9 Å². The van der Waals surface area contributed by atoms with Crippen LogP contribution in [0.25, 0.3) is 0 Å². The minimum atomic E-state index is -0.376. The molecule has 1 amide bonds. The van der Waals surface area contributed by atoms with E-state index in [1.54, 1.807) is 18.2 Å². The topological polar surface area (TPSA) is 32.3 Å². The molecular formula is C22H25BrClFN2O. The van der Waals surface area contributed by atoms with Gasteiger partial charge in [0.05, 0.1) is 16.9 Å². The number of carbonyl (C=O) groups excluding carboxylic acids is 1. The Morgan fingerprint density at radius 1 is 1.11 bits per heavy atom. The molecule has 1 N–H and O–H groups in total. The van der Waals surface area contributed by atoms with Crippen molar-refractivity contribution in [1.29, 1.82) is 0 Å². The first kappa shape index (κ1) is 21.3. The van der Waals surface area contributed by atoms with Crippen molar-refractivity contribution in [2.45, 2.75) is 38.1 Å². The molecule has 1 aliphatic rings. The third-order valence-electron chi connectivity index (χ3n) is 5.21. The van der Waals surface area contributed by atoms with E-state index < -0.39 is 0 Å². The summed E-state index contributed by atoms with van der Waals surface area (Å²) in [6.45, 7) is 2.53. The number of amides is 1. The van der Waals surface area contributed by atoms with E-state index in [0.717, 1.165) is 18.7 Å². The van der Waals surface area contributed by atoms with Gasteiger partial charge in [0.15, 0.2) is 0 Å². The molecular weight excluding hydrogens is 443 g/mol. The maximum atomic E-state index is 14.2. The fraction of sp³-hybridized carbons (Fsp3) is 0.409. The Balaban J connectivity index is 1.69. The molecule has 0 aromatic heterocycles. The van der Waals surface area contributed by atoms with Gasteiger partial charge in [-0.1, -0.05) is 48.7 Å². The van der Waals surface area contributed by atoms with Gasteiger partial charge in [-0.25, -0.2) is 4.39 Å². The van der Waals surface area contributed by atoms with Crippen LogP contribution in [-0.2, 0) is 11.2 Å². The Bertz CT molecular complexity index is 792. The summed E-state index contributed by atoms with van der Waals surface area (Å²) in [6.07, 6.45) is 4.86. The molecule has 0 saturated carbocycles. The average molecular weight is 468 g/mol. The van der Waals surface area contributed by atoms with E-state index in [4.69, 9.17) is 11.6 Å². The van der Waals surface area contributed by atoms with Gasteiger partial charge in [-0.3, -0.25) is 9.69 Å². The van der Waals surface area contributed by atoms with Gasteiger partial charge in [-0.15, -0.1) is 0 Å². The lowest BCUT2D eigenvalue weighted by atomic mass is 10.0. The summed E-state index contributed by atoms with van der Waals surface area (Å²) in [5.74, 6) is -0.551. The standard InChI is InChI=1S/C22H25BrClFN2O/c23-19-7-5-6-17(22(19)25)14-21(28)26-15-20(16-8-10-18(24)11-9-16)27-12-3-1-2-4-13-27/h5-11,20H,1-4,12-15H2,(H,26,28). The second-order valence-corrected chi connectivity index (χ2v) is 8.50. The van der Waals surface area contributed by atoms with E-state index in [1.807, 2.05) is 24.3 Å². The quantitative estimate of drug-likeness (QED) is 0.607. The Morgan fingerprint density at radius 2 is 1.79 bits per heavy atom. The Morgan fingerprint density at radius 3 is 2.46 bits per heavy atom. The van der Waals surface area contributed by atoms with E-state index in [0.29, 0.717) is 21.6 Å². The Labute approximate surface area is 179 Å². The predicted molar refractivity (Wildman–Crippen MR) is 115 cm³/mol. The molecule has 0 radical (unpaired) electrons. The van der Waals surface area contributed by atoms with Crippen molar-refractivity contribution >= 4 is 33.4 Å².